The molecule has 1 aliphatic rings. The highest BCUT2D eigenvalue weighted by atomic mass is 19.1. The zero-order valence-electron chi connectivity index (χ0n) is 3.45. The van der Waals surface area contributed by atoms with Crippen LogP contribution < -0.4 is 0 Å². The van der Waals surface area contributed by atoms with Crippen LogP contribution in [0.2, 0.25) is 0 Å². The van der Waals surface area contributed by atoms with E-state index in [2.05, 4.69) is 0 Å². The van der Waals surface area contributed by atoms with Gasteiger partial charge in [-0.1, -0.05) is 6.08 Å². The van der Waals surface area contributed by atoms with Gasteiger partial charge in [-0.3, -0.25) is 0 Å². The van der Waals surface area contributed by atoms with Crippen molar-refractivity contribution in [3.05, 3.63) is 18.3 Å². The van der Waals surface area contributed by atoms with Gasteiger partial charge in [-0.25, -0.2) is 4.39 Å². The number of hydrogen-bond acceptors (Lipinski definition) is 0. The smallest absolute Gasteiger partial charge is 0.166 e. The second-order valence-corrected chi connectivity index (χ2v) is 1.39. The van der Waals surface area contributed by atoms with E-state index >= 15 is 0 Å². The van der Waals surface area contributed by atoms with Gasteiger partial charge in [0.05, 0.1) is 0 Å². The Morgan fingerprint density at radius 1 is 1.67 bits per heavy atom. The first-order chi connectivity index (χ1) is 2.89. The molecule has 0 atom stereocenters. The number of allylic oxidation sites excluding steroid dienone is 2. The zero-order chi connectivity index (χ0) is 4.41. The molecule has 1 aliphatic carbocycles. The summed E-state index contributed by atoms with van der Waals surface area (Å²) in [6.07, 6.45) is 4.91. The van der Waals surface area contributed by atoms with Gasteiger partial charge in [0.15, 0.2) is 6.17 Å². The average Bonchev–Trinajstić information content (AvgIpc) is 1.86. The van der Waals surface area contributed by atoms with E-state index in [0.717, 1.165) is 6.42 Å². The second kappa shape index (κ2) is 1.41. The summed E-state index contributed by atoms with van der Waals surface area (Å²) >= 11 is 0. The fourth-order valence-electron chi connectivity index (χ4n) is 0.516. The van der Waals surface area contributed by atoms with Gasteiger partial charge in [-0.15, -0.1) is 0 Å². The summed E-state index contributed by atoms with van der Waals surface area (Å²) in [5.41, 5.74) is 0. The molecule has 0 bridgehead atoms. The molecule has 0 aromatic rings. The quantitative estimate of drug-likeness (QED) is 0.421. The van der Waals surface area contributed by atoms with Crippen molar-refractivity contribution in [2.24, 2.45) is 0 Å². The minimum absolute atomic E-state index is 0.0231. The van der Waals surface area contributed by atoms with E-state index in [0.29, 0.717) is 6.42 Å². The molecule has 0 saturated heterocycles. The molecule has 1 radical (unpaired) electrons. The molecule has 0 aromatic carbocycles. The topological polar surface area (TPSA) is 0 Å². The zero-order valence-corrected chi connectivity index (χ0v) is 3.45. The standard InChI is InChI=1S/C5H6F/c6-5-3-1-2-4-5/h1,3H,2,4H2. The van der Waals surface area contributed by atoms with E-state index in [1.807, 2.05) is 6.08 Å². The minimum atomic E-state index is 0.0231. The largest absolute Gasteiger partial charge is 0.235 e. The molecule has 1 rings (SSSR count). The third kappa shape index (κ3) is 0.588. The van der Waals surface area contributed by atoms with Crippen LogP contribution in [0.1, 0.15) is 12.8 Å². The highest BCUT2D eigenvalue weighted by molar-refractivity contribution is 5.08. The van der Waals surface area contributed by atoms with Gasteiger partial charge in [0, 0.05) is 0 Å². The van der Waals surface area contributed by atoms with Crippen molar-refractivity contribution < 1.29 is 4.39 Å². The van der Waals surface area contributed by atoms with Crippen molar-refractivity contribution in [2.45, 2.75) is 12.8 Å². The normalized spacial score (nSPS) is 22.8. The molecule has 0 fully saturated rings. The first kappa shape index (κ1) is 3.85. The fourth-order valence-corrected chi connectivity index (χ4v) is 0.516. The maximum Gasteiger partial charge on any atom is 0.166 e. The Hall–Kier alpha value is -0.330. The van der Waals surface area contributed by atoms with Crippen molar-refractivity contribution in [3.8, 4) is 0 Å². The van der Waals surface area contributed by atoms with Crippen molar-refractivity contribution >= 4 is 0 Å². The molecule has 0 spiro atoms. The van der Waals surface area contributed by atoms with Crippen LogP contribution in [0.4, 0.5) is 4.39 Å². The van der Waals surface area contributed by atoms with Crippen LogP contribution in [0.5, 0.6) is 0 Å². The van der Waals surface area contributed by atoms with E-state index in [-0.39, 0.29) is 6.17 Å². The van der Waals surface area contributed by atoms with Crippen LogP contribution >= 0.6 is 0 Å². The molecule has 0 aromatic heterocycles. The van der Waals surface area contributed by atoms with E-state index in [1.165, 1.54) is 6.08 Å². The molecule has 0 amide bonds. The number of hydrogen-bond donors (Lipinski definition) is 0. The van der Waals surface area contributed by atoms with Gasteiger partial charge in [0.1, 0.15) is 0 Å². The molecule has 33 valence electrons. The first-order valence-electron chi connectivity index (χ1n) is 2.07. The van der Waals surface area contributed by atoms with Gasteiger partial charge in [-0.2, -0.15) is 0 Å². The Labute approximate surface area is 36.7 Å². The molecule has 0 unspecified atom stereocenters. The lowest BCUT2D eigenvalue weighted by Crippen LogP contribution is -1.70. The van der Waals surface area contributed by atoms with Crippen molar-refractivity contribution in [1.29, 1.82) is 0 Å². The summed E-state index contributed by atoms with van der Waals surface area (Å²) in [4.78, 5) is 0. The minimum Gasteiger partial charge on any atom is -0.235 e. The van der Waals surface area contributed by atoms with Crippen molar-refractivity contribution in [3.63, 3.8) is 0 Å². The summed E-state index contributed by atoms with van der Waals surface area (Å²) in [6.45, 7) is 0. The lowest BCUT2D eigenvalue weighted by atomic mass is 10.3. The first-order valence-corrected chi connectivity index (χ1v) is 2.07. The van der Waals surface area contributed by atoms with Crippen LogP contribution in [0, 0.1) is 6.17 Å². The molecular formula is C5H6F. The Kier molecular flexibility index (Phi) is 0.906. The third-order valence-corrected chi connectivity index (χ3v) is 0.849. The highest BCUT2D eigenvalue weighted by Gasteiger charge is 2.05. The molecule has 0 saturated carbocycles. The monoisotopic (exact) mass is 85.0 g/mol. The maximum absolute atomic E-state index is 11.8. The Morgan fingerprint density at radius 3 is 2.67 bits per heavy atom. The molecule has 0 aliphatic heterocycles. The van der Waals surface area contributed by atoms with Crippen LogP contribution in [0.25, 0.3) is 0 Å². The summed E-state index contributed by atoms with van der Waals surface area (Å²) in [6, 6.07) is 0. The van der Waals surface area contributed by atoms with Gasteiger partial charge in [0.25, 0.3) is 0 Å². The SMILES string of the molecule is F[C]1C=CCC1. The molecule has 0 N–H and O–H groups in total. The van der Waals surface area contributed by atoms with E-state index in [4.69, 9.17) is 0 Å². The predicted molar refractivity (Wildman–Crippen MR) is 22.7 cm³/mol. The summed E-state index contributed by atoms with van der Waals surface area (Å²) in [5.74, 6) is 0. The van der Waals surface area contributed by atoms with E-state index < -0.39 is 0 Å². The van der Waals surface area contributed by atoms with Gasteiger partial charge in [0.2, 0.25) is 0 Å². The molecule has 1 heteroatoms. The maximum atomic E-state index is 11.8. The fraction of sp³-hybridized carbons (Fsp3) is 0.400. The van der Waals surface area contributed by atoms with Gasteiger partial charge < -0.3 is 0 Å². The predicted octanol–water partition coefficient (Wildman–Crippen LogP) is 1.84. The molecule has 6 heavy (non-hydrogen) atoms. The van der Waals surface area contributed by atoms with Gasteiger partial charge >= 0.3 is 0 Å². The number of halogens is 1. The Morgan fingerprint density at radius 2 is 2.50 bits per heavy atom. The van der Waals surface area contributed by atoms with Gasteiger partial charge in [-0.05, 0) is 18.9 Å². The summed E-state index contributed by atoms with van der Waals surface area (Å²) < 4.78 is 11.8. The Bertz CT molecular complexity index is 66.3. The molecular weight excluding hydrogens is 79.1 g/mol. The lowest BCUT2D eigenvalue weighted by Gasteiger charge is -1.82. The number of rotatable bonds is 0. The van der Waals surface area contributed by atoms with Crippen LogP contribution in [0.3, 0.4) is 0 Å². The Balaban J connectivity index is 2.38. The van der Waals surface area contributed by atoms with Crippen molar-refractivity contribution in [2.75, 3.05) is 0 Å². The third-order valence-electron chi connectivity index (χ3n) is 0.849. The molecule has 0 heterocycles. The second-order valence-electron chi connectivity index (χ2n) is 1.39. The molecule has 0 nitrogen and oxygen atoms in total. The van der Waals surface area contributed by atoms with Crippen LogP contribution in [-0.4, -0.2) is 0 Å². The van der Waals surface area contributed by atoms with Crippen molar-refractivity contribution in [1.82, 2.24) is 0 Å². The lowest BCUT2D eigenvalue weighted by molar-refractivity contribution is 0.522. The van der Waals surface area contributed by atoms with E-state index in [9.17, 15) is 4.39 Å². The van der Waals surface area contributed by atoms with E-state index in [1.54, 1.807) is 0 Å². The van der Waals surface area contributed by atoms with Crippen LogP contribution in [0.15, 0.2) is 12.2 Å². The summed E-state index contributed by atoms with van der Waals surface area (Å²) in [5, 5.41) is 0. The van der Waals surface area contributed by atoms with Crippen LogP contribution in [-0.2, 0) is 0 Å². The average molecular weight is 85.1 g/mol. The summed E-state index contributed by atoms with van der Waals surface area (Å²) in [7, 11) is 0. The highest BCUT2D eigenvalue weighted by Crippen LogP contribution is 2.18.